The number of aliphatic carboxylic acids is 1. The number of carboxylic acids is 1. The number of carbonyl (C=O) groups excluding carboxylic acids is 1. The van der Waals surface area contributed by atoms with Gasteiger partial charge >= 0.3 is 5.97 Å². The van der Waals surface area contributed by atoms with Crippen molar-refractivity contribution in [3.8, 4) is 10.8 Å². The first kappa shape index (κ1) is 15.8. The third-order valence-corrected chi connectivity index (χ3v) is 5.58. The largest absolute Gasteiger partial charge is 0.481 e. The molecule has 2 heterocycles. The number of para-hydroxylation sites is 1. The number of rotatable bonds is 5. The minimum absolute atomic E-state index is 0.225. The Morgan fingerprint density at radius 1 is 1.20 bits per heavy atom. The third-order valence-electron chi connectivity index (χ3n) is 4.53. The van der Waals surface area contributed by atoms with E-state index < -0.39 is 17.8 Å². The molecule has 3 aromatic rings. The lowest BCUT2D eigenvalue weighted by Gasteiger charge is -2.31. The van der Waals surface area contributed by atoms with Crippen LogP contribution in [0.25, 0.3) is 21.0 Å². The number of nitrogens with one attached hydrogen (secondary N) is 1. The molecule has 0 bridgehead atoms. The van der Waals surface area contributed by atoms with E-state index in [9.17, 15) is 9.59 Å². The van der Waals surface area contributed by atoms with Crippen LogP contribution in [0.15, 0.2) is 40.8 Å². The summed E-state index contributed by atoms with van der Waals surface area (Å²) in [5.74, 6) is -0.837. The van der Waals surface area contributed by atoms with Crippen LogP contribution in [-0.4, -0.2) is 22.0 Å². The summed E-state index contributed by atoms with van der Waals surface area (Å²) in [5, 5.41) is 12.6. The fourth-order valence-electron chi connectivity index (χ4n) is 2.98. The van der Waals surface area contributed by atoms with Crippen molar-refractivity contribution in [2.45, 2.75) is 19.4 Å². The Morgan fingerprint density at radius 3 is 2.72 bits per heavy atom. The van der Waals surface area contributed by atoms with Gasteiger partial charge in [0.15, 0.2) is 10.8 Å². The molecule has 1 fully saturated rings. The van der Waals surface area contributed by atoms with E-state index in [0.717, 1.165) is 15.2 Å². The van der Waals surface area contributed by atoms with Gasteiger partial charge in [-0.3, -0.25) is 9.59 Å². The van der Waals surface area contributed by atoms with Crippen molar-refractivity contribution in [3.63, 3.8) is 0 Å². The van der Waals surface area contributed by atoms with E-state index in [0.29, 0.717) is 24.4 Å². The fraction of sp³-hybridized carbons (Fsp3) is 0.278. The quantitative estimate of drug-likeness (QED) is 0.732. The number of hydrogen-bond acceptors (Lipinski definition) is 5. The Bertz CT molecular complexity index is 912. The Balaban J connectivity index is 1.41. The summed E-state index contributed by atoms with van der Waals surface area (Å²) >= 11 is 1.55. The molecular weight excluding hydrogens is 340 g/mol. The van der Waals surface area contributed by atoms with Crippen molar-refractivity contribution in [1.82, 2.24) is 10.3 Å². The predicted molar refractivity (Wildman–Crippen MR) is 93.0 cm³/mol. The van der Waals surface area contributed by atoms with Gasteiger partial charge in [-0.1, -0.05) is 12.1 Å². The zero-order chi connectivity index (χ0) is 17.4. The van der Waals surface area contributed by atoms with E-state index in [4.69, 9.17) is 9.52 Å². The molecule has 2 unspecified atom stereocenters. The molecule has 2 atom stereocenters. The van der Waals surface area contributed by atoms with Crippen LogP contribution in [-0.2, 0) is 16.1 Å². The van der Waals surface area contributed by atoms with E-state index in [-0.39, 0.29) is 12.5 Å². The minimum Gasteiger partial charge on any atom is -0.481 e. The number of amides is 1. The second kappa shape index (κ2) is 6.33. The number of nitrogens with zero attached hydrogens (tertiary/aromatic N) is 1. The van der Waals surface area contributed by atoms with Gasteiger partial charge in [-0.2, -0.15) is 0 Å². The van der Waals surface area contributed by atoms with Crippen molar-refractivity contribution >= 4 is 33.4 Å². The number of aromatic nitrogens is 1. The number of carboxylic acid groups (broad SMARTS) is 1. The van der Waals surface area contributed by atoms with Gasteiger partial charge in [0.2, 0.25) is 5.91 Å². The predicted octanol–water partition coefficient (Wildman–Crippen LogP) is 3.28. The van der Waals surface area contributed by atoms with Crippen molar-refractivity contribution in [2.24, 2.45) is 11.8 Å². The molecule has 0 saturated heterocycles. The number of benzene rings is 1. The molecule has 0 aliphatic heterocycles. The second-order valence-corrected chi connectivity index (χ2v) is 7.13. The summed E-state index contributed by atoms with van der Waals surface area (Å²) in [7, 11) is 0. The topological polar surface area (TPSA) is 92.4 Å². The summed E-state index contributed by atoms with van der Waals surface area (Å²) < 4.78 is 6.86. The van der Waals surface area contributed by atoms with Crippen molar-refractivity contribution < 1.29 is 19.1 Å². The van der Waals surface area contributed by atoms with Crippen LogP contribution in [0.2, 0.25) is 0 Å². The summed E-state index contributed by atoms with van der Waals surface area (Å²) in [6, 6.07) is 11.5. The second-order valence-electron chi connectivity index (χ2n) is 6.10. The molecule has 1 aromatic carbocycles. The molecule has 1 aliphatic carbocycles. The zero-order valence-electron chi connectivity index (χ0n) is 13.3. The Labute approximate surface area is 147 Å². The molecule has 25 heavy (non-hydrogen) atoms. The fourth-order valence-corrected chi connectivity index (χ4v) is 3.91. The average Bonchev–Trinajstić information content (AvgIpc) is 3.17. The molecule has 2 N–H and O–H groups in total. The summed E-state index contributed by atoms with van der Waals surface area (Å²) in [6.45, 7) is 0.243. The molecule has 1 saturated carbocycles. The molecule has 0 radical (unpaired) electrons. The third kappa shape index (κ3) is 3.02. The van der Waals surface area contributed by atoms with Crippen LogP contribution in [0.3, 0.4) is 0 Å². The normalized spacial score (nSPS) is 19.5. The highest BCUT2D eigenvalue weighted by Crippen LogP contribution is 2.35. The maximum absolute atomic E-state index is 12.1. The smallest absolute Gasteiger partial charge is 0.307 e. The van der Waals surface area contributed by atoms with E-state index in [1.54, 1.807) is 17.4 Å². The van der Waals surface area contributed by atoms with Crippen LogP contribution >= 0.6 is 11.3 Å². The van der Waals surface area contributed by atoms with Crippen LogP contribution in [0.5, 0.6) is 0 Å². The molecule has 128 valence electrons. The standard InChI is InChI=1S/C18H16N2O4S/c21-16(11-6-7-12(11)18(22)23)19-9-10-5-8-14(24-10)17-20-13-3-1-2-4-15(13)25-17/h1-5,8,11-12H,6-7,9H2,(H,19,21)(H,22,23). The van der Waals surface area contributed by atoms with Gasteiger partial charge in [0, 0.05) is 0 Å². The Morgan fingerprint density at radius 2 is 2.00 bits per heavy atom. The van der Waals surface area contributed by atoms with Crippen LogP contribution < -0.4 is 5.32 Å². The molecule has 7 heteroatoms. The lowest BCUT2D eigenvalue weighted by molar-refractivity contribution is -0.152. The number of hydrogen-bond donors (Lipinski definition) is 2. The van der Waals surface area contributed by atoms with Gasteiger partial charge in [0.05, 0.1) is 28.6 Å². The van der Waals surface area contributed by atoms with Gasteiger partial charge in [0.25, 0.3) is 0 Å². The van der Waals surface area contributed by atoms with Crippen LogP contribution in [0.4, 0.5) is 0 Å². The summed E-state index contributed by atoms with van der Waals surface area (Å²) in [4.78, 5) is 27.6. The maximum Gasteiger partial charge on any atom is 0.307 e. The van der Waals surface area contributed by atoms with E-state index in [1.807, 2.05) is 30.3 Å². The highest BCUT2D eigenvalue weighted by Gasteiger charge is 2.41. The molecule has 1 aliphatic rings. The highest BCUT2D eigenvalue weighted by atomic mass is 32.1. The van der Waals surface area contributed by atoms with Gasteiger partial charge in [0.1, 0.15) is 5.76 Å². The molecule has 4 rings (SSSR count). The summed E-state index contributed by atoms with van der Waals surface area (Å²) in [6.07, 6.45) is 1.19. The molecule has 2 aromatic heterocycles. The van der Waals surface area contributed by atoms with Crippen molar-refractivity contribution in [2.75, 3.05) is 0 Å². The van der Waals surface area contributed by atoms with Gasteiger partial charge in [-0.25, -0.2) is 4.98 Å². The van der Waals surface area contributed by atoms with Crippen molar-refractivity contribution in [1.29, 1.82) is 0 Å². The zero-order valence-corrected chi connectivity index (χ0v) is 14.1. The van der Waals surface area contributed by atoms with Crippen LogP contribution in [0, 0.1) is 11.8 Å². The maximum atomic E-state index is 12.1. The molecular formula is C18H16N2O4S. The molecule has 0 spiro atoms. The minimum atomic E-state index is -0.900. The highest BCUT2D eigenvalue weighted by molar-refractivity contribution is 7.21. The van der Waals surface area contributed by atoms with Gasteiger partial charge < -0.3 is 14.8 Å². The summed E-state index contributed by atoms with van der Waals surface area (Å²) in [5.41, 5.74) is 0.929. The first-order valence-corrected chi connectivity index (χ1v) is 8.88. The van der Waals surface area contributed by atoms with E-state index in [1.165, 1.54) is 0 Å². The number of thiazole rings is 1. The number of furan rings is 1. The first-order chi connectivity index (χ1) is 12.1. The first-order valence-electron chi connectivity index (χ1n) is 8.07. The van der Waals surface area contributed by atoms with Gasteiger partial charge in [-0.05, 0) is 37.1 Å². The number of fused-ring (bicyclic) bond motifs is 1. The average molecular weight is 356 g/mol. The Kier molecular flexibility index (Phi) is 4.01. The van der Waals surface area contributed by atoms with Gasteiger partial charge in [-0.15, -0.1) is 11.3 Å². The lowest BCUT2D eigenvalue weighted by Crippen LogP contribution is -2.43. The molecule has 6 nitrogen and oxygen atoms in total. The monoisotopic (exact) mass is 356 g/mol. The SMILES string of the molecule is O=C(O)C1CCC1C(=O)NCc1ccc(-c2nc3ccccc3s2)o1. The Hall–Kier alpha value is -2.67. The van der Waals surface area contributed by atoms with E-state index >= 15 is 0 Å². The van der Waals surface area contributed by atoms with E-state index in [2.05, 4.69) is 10.3 Å². The van der Waals surface area contributed by atoms with Crippen molar-refractivity contribution in [3.05, 3.63) is 42.2 Å². The number of carbonyl (C=O) groups is 2. The lowest BCUT2D eigenvalue weighted by atomic mass is 9.73. The van der Waals surface area contributed by atoms with Crippen LogP contribution in [0.1, 0.15) is 18.6 Å². The molecule has 1 amide bonds.